The number of nitrogens with two attached hydrogens (primary N) is 1. The van der Waals surface area contributed by atoms with Gasteiger partial charge in [-0.2, -0.15) is 0 Å². The molecule has 1 fully saturated rings. The second-order valence-corrected chi connectivity index (χ2v) is 5.86. The molecule has 116 valence electrons. The Morgan fingerprint density at radius 1 is 1.38 bits per heavy atom. The van der Waals surface area contributed by atoms with Crippen molar-refractivity contribution < 1.29 is 9.53 Å². The van der Waals surface area contributed by atoms with Gasteiger partial charge in [0.05, 0.1) is 29.0 Å². The van der Waals surface area contributed by atoms with Crippen LogP contribution in [0.5, 0.6) is 0 Å². The Balaban J connectivity index is 2.06. The number of nitrogens with zero attached hydrogens (tertiary/aromatic N) is 1. The molecule has 1 aromatic rings. The van der Waals surface area contributed by atoms with E-state index in [1.54, 1.807) is 12.1 Å². The molecular formula is C14H19Cl2N3O2. The normalized spacial score (nSPS) is 18.0. The topological polar surface area (TPSA) is 67.6 Å². The van der Waals surface area contributed by atoms with Crippen LogP contribution in [-0.4, -0.2) is 43.2 Å². The summed E-state index contributed by atoms with van der Waals surface area (Å²) in [6, 6.07) is 2.84. The van der Waals surface area contributed by atoms with E-state index in [4.69, 9.17) is 33.7 Å². The zero-order valence-corrected chi connectivity index (χ0v) is 13.4. The molecule has 0 spiro atoms. The van der Waals surface area contributed by atoms with Gasteiger partial charge in [0.15, 0.2) is 0 Å². The molecule has 1 amide bonds. The van der Waals surface area contributed by atoms with Gasteiger partial charge in [-0.1, -0.05) is 23.2 Å². The maximum absolute atomic E-state index is 12.4. The molecule has 1 heterocycles. The number of amides is 1. The van der Waals surface area contributed by atoms with Crippen molar-refractivity contribution in [1.82, 2.24) is 4.90 Å². The second-order valence-electron chi connectivity index (χ2n) is 5.02. The molecule has 1 aliphatic heterocycles. The first-order chi connectivity index (χ1) is 9.99. The fourth-order valence-electron chi connectivity index (χ4n) is 2.27. The van der Waals surface area contributed by atoms with E-state index < -0.39 is 0 Å². The van der Waals surface area contributed by atoms with Crippen LogP contribution in [0, 0.1) is 0 Å². The fraction of sp³-hybridized carbons (Fsp3) is 0.500. The molecule has 1 aromatic carbocycles. The molecule has 0 aromatic heterocycles. The lowest BCUT2D eigenvalue weighted by Crippen LogP contribution is -2.43. The van der Waals surface area contributed by atoms with Crippen molar-refractivity contribution in [2.24, 2.45) is 0 Å². The van der Waals surface area contributed by atoms with Crippen LogP contribution in [-0.2, 0) is 9.53 Å². The highest BCUT2D eigenvalue weighted by molar-refractivity contribution is 6.37. The monoisotopic (exact) mass is 331 g/mol. The van der Waals surface area contributed by atoms with Crippen molar-refractivity contribution in [2.45, 2.75) is 19.4 Å². The Kier molecular flexibility index (Phi) is 5.70. The molecule has 1 aliphatic rings. The minimum Gasteiger partial charge on any atom is -0.397 e. The van der Waals surface area contributed by atoms with Gasteiger partial charge in [-0.15, -0.1) is 0 Å². The van der Waals surface area contributed by atoms with Crippen molar-refractivity contribution in [2.75, 3.05) is 37.4 Å². The first kappa shape index (κ1) is 16.4. The highest BCUT2D eigenvalue weighted by Crippen LogP contribution is 2.32. The molecule has 0 saturated carbocycles. The number of hydrogen-bond acceptors (Lipinski definition) is 4. The minimum absolute atomic E-state index is 0.146. The van der Waals surface area contributed by atoms with E-state index in [1.807, 2.05) is 6.92 Å². The summed E-state index contributed by atoms with van der Waals surface area (Å²) in [5.41, 5.74) is 6.62. The third kappa shape index (κ3) is 4.23. The van der Waals surface area contributed by atoms with Crippen LogP contribution in [0.3, 0.4) is 0 Å². The van der Waals surface area contributed by atoms with Crippen molar-refractivity contribution in [1.29, 1.82) is 0 Å². The summed E-state index contributed by atoms with van der Waals surface area (Å²) >= 11 is 11.9. The van der Waals surface area contributed by atoms with Gasteiger partial charge in [0, 0.05) is 24.7 Å². The molecule has 0 radical (unpaired) electrons. The molecule has 0 bridgehead atoms. The molecule has 2 rings (SSSR count). The van der Waals surface area contributed by atoms with Crippen LogP contribution in [0.2, 0.25) is 10.0 Å². The third-order valence-electron chi connectivity index (χ3n) is 3.52. The molecule has 1 atom stereocenters. The maximum atomic E-state index is 12.4. The van der Waals surface area contributed by atoms with Crippen molar-refractivity contribution in [3.05, 3.63) is 22.2 Å². The average molecular weight is 332 g/mol. The summed E-state index contributed by atoms with van der Waals surface area (Å²) in [5, 5.41) is 3.56. The zero-order chi connectivity index (χ0) is 15.4. The SMILES string of the molecule is CC(C(=O)Nc1c(N)cc(Cl)cc1Cl)N1CCCOCC1. The molecule has 5 nitrogen and oxygen atoms in total. The van der Waals surface area contributed by atoms with Gasteiger partial charge in [0.1, 0.15) is 0 Å². The number of carbonyl (C=O) groups is 1. The Morgan fingerprint density at radius 3 is 2.86 bits per heavy atom. The molecule has 0 aliphatic carbocycles. The van der Waals surface area contributed by atoms with Crippen molar-refractivity contribution in [3.63, 3.8) is 0 Å². The highest BCUT2D eigenvalue weighted by atomic mass is 35.5. The van der Waals surface area contributed by atoms with Gasteiger partial charge < -0.3 is 15.8 Å². The number of benzene rings is 1. The summed E-state index contributed by atoms with van der Waals surface area (Å²) in [7, 11) is 0. The smallest absolute Gasteiger partial charge is 0.241 e. The lowest BCUT2D eigenvalue weighted by atomic mass is 10.2. The van der Waals surface area contributed by atoms with E-state index in [-0.39, 0.29) is 11.9 Å². The molecular weight excluding hydrogens is 313 g/mol. The van der Waals surface area contributed by atoms with Gasteiger partial charge in [0.25, 0.3) is 0 Å². The van der Waals surface area contributed by atoms with E-state index in [1.165, 1.54) is 0 Å². The molecule has 7 heteroatoms. The third-order valence-corrected chi connectivity index (χ3v) is 4.03. The number of anilines is 2. The predicted octanol–water partition coefficient (Wildman–Crippen LogP) is 2.62. The zero-order valence-electron chi connectivity index (χ0n) is 11.9. The van der Waals surface area contributed by atoms with Crippen LogP contribution < -0.4 is 11.1 Å². The van der Waals surface area contributed by atoms with Crippen LogP contribution >= 0.6 is 23.2 Å². The summed E-state index contributed by atoms with van der Waals surface area (Å²) in [6.07, 6.45) is 0.918. The van der Waals surface area contributed by atoms with Gasteiger partial charge >= 0.3 is 0 Å². The molecule has 1 unspecified atom stereocenters. The fourth-order valence-corrected chi connectivity index (χ4v) is 2.83. The van der Waals surface area contributed by atoms with Crippen LogP contribution in [0.4, 0.5) is 11.4 Å². The van der Waals surface area contributed by atoms with Gasteiger partial charge in [-0.05, 0) is 25.5 Å². The van der Waals surface area contributed by atoms with Gasteiger partial charge in [0.2, 0.25) is 5.91 Å². The average Bonchev–Trinajstić information content (AvgIpc) is 2.70. The lowest BCUT2D eigenvalue weighted by molar-refractivity contribution is -0.120. The van der Waals surface area contributed by atoms with E-state index in [9.17, 15) is 4.79 Å². The molecule has 21 heavy (non-hydrogen) atoms. The van der Waals surface area contributed by atoms with Crippen molar-refractivity contribution >= 4 is 40.5 Å². The number of hydrogen-bond donors (Lipinski definition) is 2. The Bertz CT molecular complexity index is 494. The summed E-state index contributed by atoms with van der Waals surface area (Å²) in [6.45, 7) is 4.81. The van der Waals surface area contributed by atoms with Crippen LogP contribution in [0.1, 0.15) is 13.3 Å². The summed E-state index contributed by atoms with van der Waals surface area (Å²) < 4.78 is 5.40. The largest absolute Gasteiger partial charge is 0.397 e. The predicted molar refractivity (Wildman–Crippen MR) is 86.0 cm³/mol. The number of carbonyl (C=O) groups excluding carboxylic acids is 1. The number of ether oxygens (including phenoxy) is 1. The Hall–Kier alpha value is -1.01. The number of halogens is 2. The second kappa shape index (κ2) is 7.31. The summed E-state index contributed by atoms with van der Waals surface area (Å²) in [5.74, 6) is -0.146. The highest BCUT2D eigenvalue weighted by Gasteiger charge is 2.23. The molecule has 3 N–H and O–H groups in total. The first-order valence-electron chi connectivity index (χ1n) is 6.86. The van der Waals surface area contributed by atoms with E-state index in [0.717, 1.165) is 26.1 Å². The Morgan fingerprint density at radius 2 is 2.14 bits per heavy atom. The first-order valence-corrected chi connectivity index (χ1v) is 7.62. The lowest BCUT2D eigenvalue weighted by Gasteiger charge is -2.26. The van der Waals surface area contributed by atoms with Gasteiger partial charge in [-0.25, -0.2) is 0 Å². The number of nitrogen functional groups attached to an aromatic ring is 1. The summed E-state index contributed by atoms with van der Waals surface area (Å²) in [4.78, 5) is 14.5. The van der Waals surface area contributed by atoms with Crippen LogP contribution in [0.25, 0.3) is 0 Å². The number of rotatable bonds is 3. The van der Waals surface area contributed by atoms with Crippen molar-refractivity contribution in [3.8, 4) is 0 Å². The standard InChI is InChI=1S/C14H19Cl2N3O2/c1-9(19-3-2-5-21-6-4-19)14(20)18-13-11(16)7-10(15)8-12(13)17/h7-9H,2-6,17H2,1H3,(H,18,20). The van der Waals surface area contributed by atoms with E-state index >= 15 is 0 Å². The van der Waals surface area contributed by atoms with Crippen LogP contribution in [0.15, 0.2) is 12.1 Å². The Labute approximate surface area is 134 Å². The van der Waals surface area contributed by atoms with E-state index in [2.05, 4.69) is 10.2 Å². The maximum Gasteiger partial charge on any atom is 0.241 e. The van der Waals surface area contributed by atoms with E-state index in [0.29, 0.717) is 28.0 Å². The molecule has 1 saturated heterocycles. The minimum atomic E-state index is -0.280. The van der Waals surface area contributed by atoms with Gasteiger partial charge in [-0.3, -0.25) is 9.69 Å². The quantitative estimate of drug-likeness (QED) is 0.835. The number of nitrogens with one attached hydrogen (secondary N) is 1.